The van der Waals surface area contributed by atoms with Crippen LogP contribution in [0.25, 0.3) is 0 Å². The maximum atomic E-state index is 4.27. The zero-order valence-electron chi connectivity index (χ0n) is 10.00. The molecule has 1 heterocycles. The third kappa shape index (κ3) is 3.17. The molecule has 90 valence electrons. The Balaban J connectivity index is 2.22. The summed E-state index contributed by atoms with van der Waals surface area (Å²) >= 11 is 3.54. The smallest absolute Gasteiger partial charge is 0.107 e. The van der Waals surface area contributed by atoms with Gasteiger partial charge in [-0.3, -0.25) is 0 Å². The van der Waals surface area contributed by atoms with Gasteiger partial charge in [0.25, 0.3) is 0 Å². The number of benzene rings is 1. The Morgan fingerprint density at radius 1 is 1.41 bits per heavy atom. The van der Waals surface area contributed by atoms with Crippen LogP contribution in [0.2, 0.25) is 0 Å². The van der Waals surface area contributed by atoms with Gasteiger partial charge in [-0.25, -0.2) is 4.98 Å². The van der Waals surface area contributed by atoms with Gasteiger partial charge in [-0.05, 0) is 37.2 Å². The fraction of sp³-hybridized carbons (Fsp3) is 0.308. The highest BCUT2D eigenvalue weighted by atomic mass is 79.9. The van der Waals surface area contributed by atoms with E-state index in [1.807, 2.05) is 13.2 Å². The first-order valence-electron chi connectivity index (χ1n) is 5.61. The van der Waals surface area contributed by atoms with Crippen molar-refractivity contribution in [3.8, 4) is 0 Å². The first-order valence-corrected chi connectivity index (χ1v) is 6.41. The Morgan fingerprint density at radius 2 is 2.24 bits per heavy atom. The topological polar surface area (TPSA) is 40.7 Å². The standard InChI is InChI=1S/C13H16BrN3/c1-9-5-10(7-11(14)6-9)12(15-2)8-13-16-3-4-17-13/h3-7,12,15H,8H2,1-2H3,(H,16,17). The van der Waals surface area contributed by atoms with Gasteiger partial charge < -0.3 is 10.3 Å². The van der Waals surface area contributed by atoms with Crippen LogP contribution < -0.4 is 5.32 Å². The van der Waals surface area contributed by atoms with E-state index in [-0.39, 0.29) is 6.04 Å². The van der Waals surface area contributed by atoms with Crippen LogP contribution in [-0.4, -0.2) is 17.0 Å². The van der Waals surface area contributed by atoms with Crippen LogP contribution in [0.3, 0.4) is 0 Å². The number of H-pyrrole nitrogens is 1. The van der Waals surface area contributed by atoms with Crippen molar-refractivity contribution < 1.29 is 0 Å². The van der Waals surface area contributed by atoms with Crippen molar-refractivity contribution in [1.82, 2.24) is 15.3 Å². The first-order chi connectivity index (χ1) is 8.19. The van der Waals surface area contributed by atoms with Crippen molar-refractivity contribution in [2.75, 3.05) is 7.05 Å². The number of nitrogens with one attached hydrogen (secondary N) is 2. The summed E-state index contributed by atoms with van der Waals surface area (Å²) in [6.45, 7) is 2.11. The van der Waals surface area contributed by atoms with E-state index in [0.29, 0.717) is 0 Å². The van der Waals surface area contributed by atoms with Gasteiger partial charge in [0.1, 0.15) is 5.82 Å². The molecule has 3 nitrogen and oxygen atoms in total. The Kier molecular flexibility index (Phi) is 3.97. The third-order valence-corrected chi connectivity index (χ3v) is 3.23. The number of halogens is 1. The van der Waals surface area contributed by atoms with Crippen molar-refractivity contribution in [3.63, 3.8) is 0 Å². The van der Waals surface area contributed by atoms with E-state index in [1.54, 1.807) is 6.20 Å². The van der Waals surface area contributed by atoms with Gasteiger partial charge in [0.05, 0.1) is 0 Å². The number of imidazole rings is 1. The first kappa shape index (κ1) is 12.3. The molecular formula is C13H16BrN3. The van der Waals surface area contributed by atoms with Gasteiger partial charge in [-0.1, -0.05) is 22.0 Å². The monoisotopic (exact) mass is 293 g/mol. The summed E-state index contributed by atoms with van der Waals surface area (Å²) in [4.78, 5) is 7.41. The largest absolute Gasteiger partial charge is 0.349 e. The van der Waals surface area contributed by atoms with Crippen LogP contribution in [0.5, 0.6) is 0 Å². The van der Waals surface area contributed by atoms with Gasteiger partial charge in [0.15, 0.2) is 0 Å². The molecule has 0 fully saturated rings. The molecule has 0 spiro atoms. The van der Waals surface area contributed by atoms with E-state index in [2.05, 4.69) is 56.3 Å². The molecule has 0 aliphatic heterocycles. The maximum absolute atomic E-state index is 4.27. The normalized spacial score (nSPS) is 12.6. The number of hydrogen-bond donors (Lipinski definition) is 2. The number of aryl methyl sites for hydroxylation is 1. The van der Waals surface area contributed by atoms with Crippen molar-refractivity contribution in [1.29, 1.82) is 0 Å². The number of rotatable bonds is 4. The van der Waals surface area contributed by atoms with E-state index in [0.717, 1.165) is 16.7 Å². The summed E-state index contributed by atoms with van der Waals surface area (Å²) in [5, 5.41) is 3.33. The number of hydrogen-bond acceptors (Lipinski definition) is 2. The second-order valence-corrected chi connectivity index (χ2v) is 5.06. The van der Waals surface area contributed by atoms with Crippen LogP contribution in [-0.2, 0) is 6.42 Å². The molecule has 4 heteroatoms. The molecule has 2 aromatic rings. The number of aromatic amines is 1. The molecule has 0 saturated heterocycles. The van der Waals surface area contributed by atoms with E-state index in [9.17, 15) is 0 Å². The molecule has 0 saturated carbocycles. The van der Waals surface area contributed by atoms with Crippen LogP contribution in [0.1, 0.15) is 23.0 Å². The SMILES string of the molecule is CNC(Cc1ncc[nH]1)c1cc(C)cc(Br)c1. The fourth-order valence-electron chi connectivity index (χ4n) is 1.96. The second kappa shape index (κ2) is 5.47. The van der Waals surface area contributed by atoms with Crippen LogP contribution in [0.15, 0.2) is 35.1 Å². The third-order valence-electron chi connectivity index (χ3n) is 2.77. The van der Waals surface area contributed by atoms with E-state index in [1.165, 1.54) is 11.1 Å². The van der Waals surface area contributed by atoms with Gasteiger partial charge in [-0.2, -0.15) is 0 Å². The predicted octanol–water partition coefficient (Wildman–Crippen LogP) is 2.98. The van der Waals surface area contributed by atoms with Crippen molar-refractivity contribution in [2.45, 2.75) is 19.4 Å². The lowest BCUT2D eigenvalue weighted by atomic mass is 10.0. The predicted molar refractivity (Wildman–Crippen MR) is 73.0 cm³/mol. The van der Waals surface area contributed by atoms with E-state index < -0.39 is 0 Å². The molecular weight excluding hydrogens is 278 g/mol. The Labute approximate surface area is 110 Å². The summed E-state index contributed by atoms with van der Waals surface area (Å²) in [6.07, 6.45) is 4.50. The highest BCUT2D eigenvalue weighted by Gasteiger charge is 2.12. The van der Waals surface area contributed by atoms with Gasteiger partial charge >= 0.3 is 0 Å². The minimum absolute atomic E-state index is 0.275. The second-order valence-electron chi connectivity index (χ2n) is 4.14. The van der Waals surface area contributed by atoms with Crippen molar-refractivity contribution >= 4 is 15.9 Å². The average molecular weight is 294 g/mol. The molecule has 0 radical (unpaired) electrons. The van der Waals surface area contributed by atoms with Gasteiger partial charge in [0, 0.05) is 29.3 Å². The summed E-state index contributed by atoms with van der Waals surface area (Å²) in [6, 6.07) is 6.74. The zero-order chi connectivity index (χ0) is 12.3. The summed E-state index contributed by atoms with van der Waals surface area (Å²) in [7, 11) is 1.98. The average Bonchev–Trinajstić information content (AvgIpc) is 2.77. The quantitative estimate of drug-likeness (QED) is 0.910. The molecule has 0 aliphatic rings. The molecule has 2 rings (SSSR count). The lowest BCUT2D eigenvalue weighted by Gasteiger charge is -2.16. The van der Waals surface area contributed by atoms with Crippen LogP contribution in [0, 0.1) is 6.92 Å². The van der Waals surface area contributed by atoms with Gasteiger partial charge in [0.2, 0.25) is 0 Å². The minimum Gasteiger partial charge on any atom is -0.349 e. The molecule has 1 aromatic carbocycles. The van der Waals surface area contributed by atoms with Gasteiger partial charge in [-0.15, -0.1) is 0 Å². The lowest BCUT2D eigenvalue weighted by molar-refractivity contribution is 0.577. The minimum atomic E-state index is 0.275. The molecule has 17 heavy (non-hydrogen) atoms. The highest BCUT2D eigenvalue weighted by molar-refractivity contribution is 9.10. The van der Waals surface area contributed by atoms with Crippen molar-refractivity contribution in [3.05, 3.63) is 52.0 Å². The van der Waals surface area contributed by atoms with Crippen LogP contribution >= 0.6 is 15.9 Å². The molecule has 0 aliphatic carbocycles. The molecule has 1 unspecified atom stereocenters. The zero-order valence-corrected chi connectivity index (χ0v) is 11.6. The van der Waals surface area contributed by atoms with Crippen LogP contribution in [0.4, 0.5) is 0 Å². The summed E-state index contributed by atoms with van der Waals surface area (Å²) in [5.74, 6) is 1.00. The highest BCUT2D eigenvalue weighted by Crippen LogP contribution is 2.22. The Bertz CT molecular complexity index is 459. The Morgan fingerprint density at radius 3 is 2.82 bits per heavy atom. The van der Waals surface area contributed by atoms with E-state index >= 15 is 0 Å². The number of nitrogens with zero attached hydrogens (tertiary/aromatic N) is 1. The van der Waals surface area contributed by atoms with E-state index in [4.69, 9.17) is 0 Å². The lowest BCUT2D eigenvalue weighted by Crippen LogP contribution is -2.19. The molecule has 0 bridgehead atoms. The summed E-state index contributed by atoms with van der Waals surface area (Å²) < 4.78 is 1.12. The van der Waals surface area contributed by atoms with Crippen molar-refractivity contribution in [2.24, 2.45) is 0 Å². The maximum Gasteiger partial charge on any atom is 0.107 e. The fourth-order valence-corrected chi connectivity index (χ4v) is 2.58. The molecule has 1 atom stereocenters. The number of aromatic nitrogens is 2. The number of likely N-dealkylation sites (N-methyl/N-ethyl adjacent to an activating group) is 1. The summed E-state index contributed by atoms with van der Waals surface area (Å²) in [5.41, 5.74) is 2.53. The molecule has 2 N–H and O–H groups in total. The molecule has 0 amide bonds. The Hall–Kier alpha value is -1.13. The molecule has 1 aromatic heterocycles.